The molecule has 1 N–H and O–H groups in total. The standard InChI is InChI=1S/C14H10N2O4/c17-13(15-6-10-7-19-8-16-10)11-5-9-3-1-2-4-12(9)20-14(11)18/h1-5,7-8H,6H2,(H,15,17). The normalized spacial score (nSPS) is 10.6. The summed E-state index contributed by atoms with van der Waals surface area (Å²) in [7, 11) is 0. The highest BCUT2D eigenvalue weighted by atomic mass is 16.4. The van der Waals surface area contributed by atoms with Crippen LogP contribution in [0.1, 0.15) is 16.1 Å². The Balaban J connectivity index is 1.87. The van der Waals surface area contributed by atoms with Gasteiger partial charge in [-0.3, -0.25) is 4.79 Å². The molecular weight excluding hydrogens is 260 g/mol. The number of rotatable bonds is 3. The van der Waals surface area contributed by atoms with Crippen molar-refractivity contribution in [2.45, 2.75) is 6.54 Å². The van der Waals surface area contributed by atoms with Crippen LogP contribution < -0.4 is 10.9 Å². The number of carbonyl (C=O) groups is 1. The first-order valence-corrected chi connectivity index (χ1v) is 5.92. The van der Waals surface area contributed by atoms with E-state index in [4.69, 9.17) is 8.83 Å². The second-order valence-electron chi connectivity index (χ2n) is 4.15. The molecule has 0 saturated heterocycles. The van der Waals surface area contributed by atoms with Gasteiger partial charge in [0.05, 0.1) is 12.2 Å². The number of carbonyl (C=O) groups excluding carboxylic acids is 1. The van der Waals surface area contributed by atoms with E-state index in [0.29, 0.717) is 16.7 Å². The molecule has 2 heterocycles. The summed E-state index contributed by atoms with van der Waals surface area (Å²) in [4.78, 5) is 27.6. The molecule has 20 heavy (non-hydrogen) atoms. The fourth-order valence-corrected chi connectivity index (χ4v) is 1.81. The van der Waals surface area contributed by atoms with Crippen LogP contribution in [0, 0.1) is 0 Å². The second kappa shape index (κ2) is 5.00. The maximum atomic E-state index is 12.0. The molecule has 0 fully saturated rings. The number of nitrogens with zero attached hydrogens (tertiary/aromatic N) is 1. The molecule has 0 bridgehead atoms. The maximum Gasteiger partial charge on any atom is 0.349 e. The Labute approximate surface area is 113 Å². The summed E-state index contributed by atoms with van der Waals surface area (Å²) < 4.78 is 9.89. The molecule has 0 spiro atoms. The van der Waals surface area contributed by atoms with Gasteiger partial charge in [0.25, 0.3) is 5.91 Å². The zero-order valence-electron chi connectivity index (χ0n) is 10.3. The number of amides is 1. The van der Waals surface area contributed by atoms with Crippen LogP contribution >= 0.6 is 0 Å². The molecule has 0 aliphatic heterocycles. The van der Waals surface area contributed by atoms with E-state index in [-0.39, 0.29) is 12.1 Å². The van der Waals surface area contributed by atoms with Gasteiger partial charge in [-0.15, -0.1) is 0 Å². The van der Waals surface area contributed by atoms with Gasteiger partial charge in [-0.1, -0.05) is 18.2 Å². The monoisotopic (exact) mass is 270 g/mol. The lowest BCUT2D eigenvalue weighted by Gasteiger charge is -2.03. The summed E-state index contributed by atoms with van der Waals surface area (Å²) in [6.07, 6.45) is 2.69. The second-order valence-corrected chi connectivity index (χ2v) is 4.15. The average Bonchev–Trinajstić information content (AvgIpc) is 2.97. The van der Waals surface area contributed by atoms with E-state index in [0.717, 1.165) is 0 Å². The number of nitrogens with one attached hydrogen (secondary N) is 1. The minimum Gasteiger partial charge on any atom is -0.451 e. The van der Waals surface area contributed by atoms with E-state index in [9.17, 15) is 9.59 Å². The summed E-state index contributed by atoms with van der Waals surface area (Å²) in [5.41, 5.74) is 0.322. The molecule has 0 aliphatic rings. The fourth-order valence-electron chi connectivity index (χ4n) is 1.81. The van der Waals surface area contributed by atoms with Gasteiger partial charge in [0.2, 0.25) is 0 Å². The van der Waals surface area contributed by atoms with E-state index in [1.807, 2.05) is 0 Å². The van der Waals surface area contributed by atoms with Crippen LogP contribution in [0.15, 0.2) is 56.6 Å². The summed E-state index contributed by atoms with van der Waals surface area (Å²) in [6, 6.07) is 8.52. The molecule has 0 atom stereocenters. The molecule has 1 amide bonds. The predicted octanol–water partition coefficient (Wildman–Crippen LogP) is 1.71. The predicted molar refractivity (Wildman–Crippen MR) is 70.2 cm³/mol. The van der Waals surface area contributed by atoms with E-state index in [1.54, 1.807) is 24.3 Å². The zero-order valence-corrected chi connectivity index (χ0v) is 10.3. The minimum atomic E-state index is -0.665. The molecular formula is C14H10N2O4. The number of benzene rings is 1. The Kier molecular flexibility index (Phi) is 3.04. The molecule has 0 aliphatic carbocycles. The van der Waals surface area contributed by atoms with Gasteiger partial charge in [0, 0.05) is 5.39 Å². The molecule has 2 aromatic heterocycles. The number of fused-ring (bicyclic) bond motifs is 1. The number of aromatic nitrogens is 1. The van der Waals surface area contributed by atoms with Gasteiger partial charge in [-0.25, -0.2) is 9.78 Å². The van der Waals surface area contributed by atoms with Crippen LogP contribution in [0.4, 0.5) is 0 Å². The SMILES string of the molecule is O=C(NCc1cocn1)c1cc2ccccc2oc1=O. The third kappa shape index (κ3) is 2.31. The maximum absolute atomic E-state index is 12.0. The van der Waals surface area contributed by atoms with Crippen molar-refractivity contribution in [2.75, 3.05) is 0 Å². The summed E-state index contributed by atoms with van der Waals surface area (Å²) in [6.45, 7) is 0.182. The molecule has 0 saturated carbocycles. The van der Waals surface area contributed by atoms with Crippen molar-refractivity contribution < 1.29 is 13.6 Å². The quantitative estimate of drug-likeness (QED) is 0.732. The highest BCUT2D eigenvalue weighted by molar-refractivity contribution is 5.96. The molecule has 1 aromatic carbocycles. The Morgan fingerprint density at radius 3 is 2.95 bits per heavy atom. The molecule has 3 aromatic rings. The van der Waals surface area contributed by atoms with Crippen molar-refractivity contribution in [1.29, 1.82) is 0 Å². The Hall–Kier alpha value is -2.89. The van der Waals surface area contributed by atoms with Crippen LogP contribution in [-0.4, -0.2) is 10.9 Å². The molecule has 6 heteroatoms. The van der Waals surface area contributed by atoms with Gasteiger partial charge in [-0.2, -0.15) is 0 Å². The Bertz CT molecular complexity index is 805. The number of para-hydroxylation sites is 1. The van der Waals surface area contributed by atoms with Crippen molar-refractivity contribution in [3.63, 3.8) is 0 Å². The molecule has 0 radical (unpaired) electrons. The van der Waals surface area contributed by atoms with Crippen molar-refractivity contribution >= 4 is 16.9 Å². The minimum absolute atomic E-state index is 0.0350. The molecule has 6 nitrogen and oxygen atoms in total. The molecule has 3 rings (SSSR count). The van der Waals surface area contributed by atoms with Crippen LogP contribution in [-0.2, 0) is 6.54 Å². The van der Waals surface area contributed by atoms with Gasteiger partial charge >= 0.3 is 5.63 Å². The third-order valence-electron chi connectivity index (χ3n) is 2.80. The van der Waals surface area contributed by atoms with Gasteiger partial charge in [0.15, 0.2) is 6.39 Å². The fraction of sp³-hybridized carbons (Fsp3) is 0.0714. The number of oxazole rings is 1. The lowest BCUT2D eigenvalue weighted by atomic mass is 10.2. The molecule has 100 valence electrons. The summed E-state index contributed by atoms with van der Waals surface area (Å²) >= 11 is 0. The Morgan fingerprint density at radius 1 is 1.30 bits per heavy atom. The van der Waals surface area contributed by atoms with Crippen LogP contribution in [0.3, 0.4) is 0 Å². The lowest BCUT2D eigenvalue weighted by Crippen LogP contribution is -2.27. The summed E-state index contributed by atoms with van der Waals surface area (Å²) in [5.74, 6) is -0.507. The van der Waals surface area contributed by atoms with Crippen LogP contribution in [0.2, 0.25) is 0 Å². The first-order valence-electron chi connectivity index (χ1n) is 5.92. The highest BCUT2D eigenvalue weighted by Crippen LogP contribution is 2.12. The van der Waals surface area contributed by atoms with Gasteiger partial charge in [-0.05, 0) is 12.1 Å². The number of hydrogen-bond acceptors (Lipinski definition) is 5. The smallest absolute Gasteiger partial charge is 0.349 e. The van der Waals surface area contributed by atoms with E-state index >= 15 is 0 Å². The van der Waals surface area contributed by atoms with Crippen molar-refractivity contribution in [2.24, 2.45) is 0 Å². The largest absolute Gasteiger partial charge is 0.451 e. The molecule has 0 unspecified atom stereocenters. The average molecular weight is 270 g/mol. The summed E-state index contributed by atoms with van der Waals surface area (Å²) in [5, 5.41) is 3.28. The van der Waals surface area contributed by atoms with Gasteiger partial charge < -0.3 is 14.2 Å². The zero-order chi connectivity index (χ0) is 13.9. The Morgan fingerprint density at radius 2 is 2.15 bits per heavy atom. The van der Waals surface area contributed by atoms with E-state index in [1.165, 1.54) is 18.7 Å². The van der Waals surface area contributed by atoms with E-state index < -0.39 is 11.5 Å². The van der Waals surface area contributed by atoms with E-state index in [2.05, 4.69) is 10.3 Å². The highest BCUT2D eigenvalue weighted by Gasteiger charge is 2.13. The van der Waals surface area contributed by atoms with Crippen molar-refractivity contribution in [3.05, 3.63) is 64.7 Å². The topological polar surface area (TPSA) is 85.3 Å². The lowest BCUT2D eigenvalue weighted by molar-refractivity contribution is 0.0947. The first kappa shape index (κ1) is 12.2. The van der Waals surface area contributed by atoms with Crippen molar-refractivity contribution in [3.8, 4) is 0 Å². The van der Waals surface area contributed by atoms with Crippen LogP contribution in [0.5, 0.6) is 0 Å². The number of hydrogen-bond donors (Lipinski definition) is 1. The van der Waals surface area contributed by atoms with Gasteiger partial charge in [0.1, 0.15) is 17.4 Å². The van der Waals surface area contributed by atoms with Crippen molar-refractivity contribution in [1.82, 2.24) is 10.3 Å². The third-order valence-corrected chi connectivity index (χ3v) is 2.80. The first-order chi connectivity index (χ1) is 9.74. The van der Waals surface area contributed by atoms with Crippen LogP contribution in [0.25, 0.3) is 11.0 Å².